The summed E-state index contributed by atoms with van der Waals surface area (Å²) in [6, 6.07) is 5.83. The Morgan fingerprint density at radius 3 is 2.52 bits per heavy atom. The molecule has 0 fully saturated rings. The highest BCUT2D eigenvalue weighted by Gasteiger charge is 2.19. The first kappa shape index (κ1) is 15.0. The van der Waals surface area contributed by atoms with Crippen LogP contribution >= 0.6 is 0 Å². The molecule has 0 spiro atoms. The van der Waals surface area contributed by atoms with Crippen molar-refractivity contribution >= 4 is 5.69 Å². The van der Waals surface area contributed by atoms with Crippen molar-refractivity contribution in [1.82, 2.24) is 4.98 Å². The molecule has 2 aromatic rings. The fraction of sp³-hybridized carbons (Fsp3) is 0.312. The van der Waals surface area contributed by atoms with Crippen molar-refractivity contribution in [3.63, 3.8) is 0 Å². The SMILES string of the molecule is Cc1cccc(OCc2ncc(C)c([N+](=O)[O-])c2C)c1C. The van der Waals surface area contributed by atoms with Crippen LogP contribution in [0.5, 0.6) is 5.75 Å². The van der Waals surface area contributed by atoms with E-state index in [0.717, 1.165) is 16.9 Å². The molecule has 0 N–H and O–H groups in total. The van der Waals surface area contributed by atoms with Crippen molar-refractivity contribution in [1.29, 1.82) is 0 Å². The lowest BCUT2D eigenvalue weighted by molar-refractivity contribution is -0.386. The van der Waals surface area contributed by atoms with Gasteiger partial charge in [-0.25, -0.2) is 0 Å². The number of benzene rings is 1. The van der Waals surface area contributed by atoms with E-state index in [1.165, 1.54) is 6.20 Å². The zero-order chi connectivity index (χ0) is 15.6. The summed E-state index contributed by atoms with van der Waals surface area (Å²) < 4.78 is 5.77. The summed E-state index contributed by atoms with van der Waals surface area (Å²) in [4.78, 5) is 15.0. The lowest BCUT2D eigenvalue weighted by atomic mass is 10.1. The zero-order valence-corrected chi connectivity index (χ0v) is 12.6. The van der Waals surface area contributed by atoms with Gasteiger partial charge in [0.05, 0.1) is 16.2 Å². The van der Waals surface area contributed by atoms with Crippen LogP contribution in [-0.4, -0.2) is 9.91 Å². The minimum absolute atomic E-state index is 0.115. The van der Waals surface area contributed by atoms with E-state index in [9.17, 15) is 10.1 Å². The predicted molar refractivity (Wildman–Crippen MR) is 80.6 cm³/mol. The Morgan fingerprint density at radius 2 is 1.86 bits per heavy atom. The van der Waals surface area contributed by atoms with Crippen molar-refractivity contribution in [2.24, 2.45) is 0 Å². The molecule has 1 heterocycles. The van der Waals surface area contributed by atoms with Crippen LogP contribution in [0.1, 0.15) is 27.9 Å². The second-order valence-corrected chi connectivity index (χ2v) is 5.11. The molecule has 0 aliphatic carbocycles. The molecule has 21 heavy (non-hydrogen) atoms. The summed E-state index contributed by atoms with van der Waals surface area (Å²) in [5, 5.41) is 11.1. The van der Waals surface area contributed by atoms with Crippen molar-refractivity contribution in [3.8, 4) is 5.75 Å². The third kappa shape index (κ3) is 3.02. The first-order valence-corrected chi connectivity index (χ1v) is 6.70. The van der Waals surface area contributed by atoms with Crippen LogP contribution in [0, 0.1) is 37.8 Å². The van der Waals surface area contributed by atoms with Gasteiger partial charge >= 0.3 is 0 Å². The number of nitro groups is 1. The molecule has 1 aromatic heterocycles. The molecule has 2 rings (SSSR count). The average molecular weight is 286 g/mol. The molecule has 0 bridgehead atoms. The number of hydrogen-bond donors (Lipinski definition) is 0. The second-order valence-electron chi connectivity index (χ2n) is 5.11. The topological polar surface area (TPSA) is 65.3 Å². The third-order valence-corrected chi connectivity index (χ3v) is 3.68. The summed E-state index contributed by atoms with van der Waals surface area (Å²) in [6.07, 6.45) is 1.52. The third-order valence-electron chi connectivity index (χ3n) is 3.68. The van der Waals surface area contributed by atoms with E-state index in [4.69, 9.17) is 4.74 Å². The van der Waals surface area contributed by atoms with Gasteiger partial charge in [0.15, 0.2) is 0 Å². The van der Waals surface area contributed by atoms with Crippen LogP contribution in [0.25, 0.3) is 0 Å². The Bertz CT molecular complexity index is 696. The highest BCUT2D eigenvalue weighted by atomic mass is 16.6. The maximum atomic E-state index is 11.1. The maximum Gasteiger partial charge on any atom is 0.278 e. The van der Waals surface area contributed by atoms with Crippen LogP contribution in [0.3, 0.4) is 0 Å². The smallest absolute Gasteiger partial charge is 0.278 e. The van der Waals surface area contributed by atoms with Crippen molar-refractivity contribution in [2.75, 3.05) is 0 Å². The van der Waals surface area contributed by atoms with E-state index in [2.05, 4.69) is 4.98 Å². The molecule has 0 saturated carbocycles. The van der Waals surface area contributed by atoms with Crippen molar-refractivity contribution in [2.45, 2.75) is 34.3 Å². The summed E-state index contributed by atoms with van der Waals surface area (Å²) in [5.74, 6) is 0.777. The molecule has 0 aliphatic rings. The van der Waals surface area contributed by atoms with Gasteiger partial charge in [0, 0.05) is 11.8 Å². The quantitative estimate of drug-likeness (QED) is 0.633. The highest BCUT2D eigenvalue weighted by molar-refractivity contribution is 5.47. The van der Waals surface area contributed by atoms with E-state index >= 15 is 0 Å². The zero-order valence-electron chi connectivity index (χ0n) is 12.6. The van der Waals surface area contributed by atoms with Gasteiger partial charge in [0.25, 0.3) is 5.69 Å². The largest absolute Gasteiger partial charge is 0.487 e. The van der Waals surface area contributed by atoms with Gasteiger partial charge in [-0.2, -0.15) is 0 Å². The predicted octanol–water partition coefficient (Wildman–Crippen LogP) is 3.80. The minimum atomic E-state index is -0.367. The van der Waals surface area contributed by atoms with Crippen molar-refractivity contribution in [3.05, 3.63) is 62.5 Å². The van der Waals surface area contributed by atoms with Gasteiger partial charge in [-0.05, 0) is 44.9 Å². The summed E-state index contributed by atoms with van der Waals surface area (Å²) in [6.45, 7) is 7.62. The monoisotopic (exact) mass is 286 g/mol. The van der Waals surface area contributed by atoms with E-state index in [-0.39, 0.29) is 17.2 Å². The molecule has 0 amide bonds. The van der Waals surface area contributed by atoms with E-state index < -0.39 is 0 Å². The number of hydrogen-bond acceptors (Lipinski definition) is 4. The number of rotatable bonds is 4. The second kappa shape index (κ2) is 5.91. The van der Waals surface area contributed by atoms with E-state index in [0.29, 0.717) is 16.8 Å². The molecule has 0 aliphatic heterocycles. The Morgan fingerprint density at radius 1 is 1.14 bits per heavy atom. The van der Waals surface area contributed by atoms with Gasteiger partial charge in [-0.3, -0.25) is 15.1 Å². The van der Waals surface area contributed by atoms with E-state index in [1.54, 1.807) is 13.8 Å². The van der Waals surface area contributed by atoms with E-state index in [1.807, 2.05) is 32.0 Å². The van der Waals surface area contributed by atoms with Crippen LogP contribution < -0.4 is 4.74 Å². The fourth-order valence-corrected chi connectivity index (χ4v) is 2.22. The molecule has 0 saturated heterocycles. The normalized spacial score (nSPS) is 10.5. The molecule has 1 aromatic carbocycles. The minimum Gasteiger partial charge on any atom is -0.487 e. The lowest BCUT2D eigenvalue weighted by Gasteiger charge is -2.12. The van der Waals surface area contributed by atoms with Crippen LogP contribution in [0.15, 0.2) is 24.4 Å². The molecule has 5 nitrogen and oxygen atoms in total. The number of ether oxygens (including phenoxy) is 1. The summed E-state index contributed by atoms with van der Waals surface area (Å²) in [5.41, 5.74) is 4.04. The van der Waals surface area contributed by atoms with Crippen molar-refractivity contribution < 1.29 is 9.66 Å². The molecular weight excluding hydrogens is 268 g/mol. The first-order valence-electron chi connectivity index (χ1n) is 6.70. The molecular formula is C16H18N2O3. The van der Waals surface area contributed by atoms with Gasteiger partial charge in [0.1, 0.15) is 12.4 Å². The van der Waals surface area contributed by atoms with Crippen LogP contribution in [0.4, 0.5) is 5.69 Å². The Labute approximate surface area is 123 Å². The number of aryl methyl sites for hydroxylation is 2. The summed E-state index contributed by atoms with van der Waals surface area (Å²) >= 11 is 0. The molecule has 110 valence electrons. The standard InChI is InChI=1S/C16H18N2O3/c1-10-6-5-7-15(12(10)3)21-9-14-13(4)16(18(19)20)11(2)8-17-14/h5-8H,9H2,1-4H3. The Balaban J connectivity index is 2.27. The average Bonchev–Trinajstić information content (AvgIpc) is 2.42. The van der Waals surface area contributed by atoms with Crippen LogP contribution in [0.2, 0.25) is 0 Å². The fourth-order valence-electron chi connectivity index (χ4n) is 2.22. The first-order chi connectivity index (χ1) is 9.91. The molecule has 0 atom stereocenters. The number of pyridine rings is 1. The Kier molecular flexibility index (Phi) is 4.21. The lowest BCUT2D eigenvalue weighted by Crippen LogP contribution is -2.06. The van der Waals surface area contributed by atoms with Gasteiger partial charge in [-0.1, -0.05) is 12.1 Å². The van der Waals surface area contributed by atoms with Gasteiger partial charge in [0.2, 0.25) is 0 Å². The number of aromatic nitrogens is 1. The summed E-state index contributed by atoms with van der Waals surface area (Å²) in [7, 11) is 0. The van der Waals surface area contributed by atoms with Gasteiger partial charge < -0.3 is 4.74 Å². The molecule has 0 unspecified atom stereocenters. The Hall–Kier alpha value is -2.43. The van der Waals surface area contributed by atoms with Crippen LogP contribution in [-0.2, 0) is 6.61 Å². The number of nitrogens with zero attached hydrogens (tertiary/aromatic N) is 2. The molecule has 0 radical (unpaired) electrons. The van der Waals surface area contributed by atoms with Gasteiger partial charge in [-0.15, -0.1) is 0 Å². The molecule has 5 heteroatoms. The maximum absolute atomic E-state index is 11.1. The highest BCUT2D eigenvalue weighted by Crippen LogP contribution is 2.26.